The third kappa shape index (κ3) is 5.61. The number of hydrogen-bond acceptors (Lipinski definition) is 4. The highest BCUT2D eigenvalue weighted by Gasteiger charge is 2.55. The Labute approximate surface area is 219 Å². The fourth-order valence-electron chi connectivity index (χ4n) is 8.09. The van der Waals surface area contributed by atoms with E-state index in [4.69, 9.17) is 0 Å². The topological polar surface area (TPSA) is 77.8 Å². The third-order valence-electron chi connectivity index (χ3n) is 10.3. The minimum atomic E-state index is -0.666. The van der Waals surface area contributed by atoms with Crippen molar-refractivity contribution in [2.45, 2.75) is 129 Å². The van der Waals surface area contributed by atoms with Gasteiger partial charge in [0.2, 0.25) is 0 Å². The highest BCUT2D eigenvalue weighted by atomic mass is 16.3. The largest absolute Gasteiger partial charge is 0.393 e. The normalized spacial score (nSPS) is 36.2. The molecule has 0 amide bonds. The molecule has 0 saturated heterocycles. The van der Waals surface area contributed by atoms with Crippen LogP contribution in [-0.2, 0) is 4.79 Å². The van der Waals surface area contributed by atoms with E-state index in [1.54, 1.807) is 0 Å². The third-order valence-corrected chi connectivity index (χ3v) is 10.3. The fraction of sp³-hybridized carbons (Fsp3) is 0.781. The van der Waals surface area contributed by atoms with Crippen molar-refractivity contribution in [1.82, 2.24) is 0 Å². The molecule has 0 unspecified atom stereocenters. The lowest BCUT2D eigenvalue weighted by atomic mass is 9.57. The maximum atomic E-state index is 12.8. The van der Waals surface area contributed by atoms with E-state index in [1.165, 1.54) is 31.3 Å². The van der Waals surface area contributed by atoms with Crippen molar-refractivity contribution in [3.05, 3.63) is 35.5 Å². The predicted molar refractivity (Wildman–Crippen MR) is 145 cm³/mol. The number of carbonyl (C=O) groups excluding carboxylic acids is 1. The molecule has 0 heterocycles. The van der Waals surface area contributed by atoms with Gasteiger partial charge in [-0.25, -0.2) is 0 Å². The predicted octanol–water partition coefficient (Wildman–Crippen LogP) is 6.44. The molecule has 0 spiro atoms. The van der Waals surface area contributed by atoms with Crippen LogP contribution in [0.4, 0.5) is 0 Å². The van der Waals surface area contributed by atoms with Gasteiger partial charge in [0.25, 0.3) is 0 Å². The molecule has 4 nitrogen and oxygen atoms in total. The number of aliphatic hydroxyl groups excluding tert-OH is 3. The van der Waals surface area contributed by atoms with Crippen LogP contribution in [0.5, 0.6) is 0 Å². The standard InChI is InChI=1S/C32H50O4/c1-5-6-9-28(35)32(17-18-32)29(36)14-16-30(2,3)27-13-12-26-23(8-7-15-31(26,27)4)11-10-22-19-24(33)21-25(34)20-22/h10-11,14,16,24-27,29,33-34,36H,5-9,12-13,15,17-21H2,1-4H3/b16-14+,23-11+/t24-,25-,26+,27-,29+,31+/m1/s1. The number of rotatable bonds is 9. The van der Waals surface area contributed by atoms with Crippen LogP contribution >= 0.6 is 0 Å². The summed E-state index contributed by atoms with van der Waals surface area (Å²) in [6, 6.07) is 0. The van der Waals surface area contributed by atoms with Crippen molar-refractivity contribution in [1.29, 1.82) is 0 Å². The van der Waals surface area contributed by atoms with Crippen molar-refractivity contribution in [3.63, 3.8) is 0 Å². The first-order valence-electron chi connectivity index (χ1n) is 14.7. The van der Waals surface area contributed by atoms with Crippen LogP contribution in [0, 0.1) is 28.1 Å². The van der Waals surface area contributed by atoms with Crippen molar-refractivity contribution in [3.8, 4) is 0 Å². The van der Waals surface area contributed by atoms with Gasteiger partial charge < -0.3 is 15.3 Å². The van der Waals surface area contributed by atoms with Gasteiger partial charge in [0.1, 0.15) is 5.78 Å². The van der Waals surface area contributed by atoms with Crippen LogP contribution in [-0.4, -0.2) is 39.4 Å². The lowest BCUT2D eigenvalue weighted by molar-refractivity contribution is -0.127. The summed E-state index contributed by atoms with van der Waals surface area (Å²) in [5.74, 6) is 1.34. The summed E-state index contributed by atoms with van der Waals surface area (Å²) in [4.78, 5) is 12.8. The average Bonchev–Trinajstić information content (AvgIpc) is 3.55. The zero-order valence-electron chi connectivity index (χ0n) is 23.1. The van der Waals surface area contributed by atoms with E-state index in [0.717, 1.165) is 37.7 Å². The lowest BCUT2D eigenvalue weighted by Gasteiger charge is -2.47. The van der Waals surface area contributed by atoms with Crippen LogP contribution in [0.1, 0.15) is 111 Å². The molecule has 202 valence electrons. The molecule has 4 aliphatic carbocycles. The average molecular weight is 499 g/mol. The van der Waals surface area contributed by atoms with Crippen molar-refractivity contribution in [2.24, 2.45) is 28.1 Å². The molecule has 0 aliphatic heterocycles. The Morgan fingerprint density at radius 3 is 2.44 bits per heavy atom. The summed E-state index contributed by atoms with van der Waals surface area (Å²) < 4.78 is 0. The van der Waals surface area contributed by atoms with Crippen LogP contribution in [0.3, 0.4) is 0 Å². The van der Waals surface area contributed by atoms with Crippen LogP contribution in [0.2, 0.25) is 0 Å². The summed E-state index contributed by atoms with van der Waals surface area (Å²) >= 11 is 0. The molecular weight excluding hydrogens is 448 g/mol. The molecule has 4 rings (SSSR count). The quantitative estimate of drug-likeness (QED) is 0.320. The summed E-state index contributed by atoms with van der Waals surface area (Å²) in [5, 5.41) is 31.1. The number of carbonyl (C=O) groups is 1. The number of aliphatic hydroxyl groups is 3. The van der Waals surface area contributed by atoms with E-state index in [2.05, 4.69) is 45.9 Å². The Kier molecular flexibility index (Phi) is 8.39. The lowest BCUT2D eigenvalue weighted by Crippen LogP contribution is -2.39. The van der Waals surface area contributed by atoms with E-state index in [1.807, 2.05) is 6.08 Å². The molecule has 0 aromatic rings. The second kappa shape index (κ2) is 10.9. The minimum Gasteiger partial charge on any atom is -0.393 e. The highest BCUT2D eigenvalue weighted by molar-refractivity contribution is 5.88. The number of allylic oxidation sites excluding steroid dienone is 4. The first-order chi connectivity index (χ1) is 17.0. The van der Waals surface area contributed by atoms with E-state index in [-0.39, 0.29) is 16.6 Å². The number of unbranched alkanes of at least 4 members (excludes halogenated alkanes) is 1. The van der Waals surface area contributed by atoms with Gasteiger partial charge in [-0.3, -0.25) is 4.79 Å². The van der Waals surface area contributed by atoms with Crippen LogP contribution < -0.4 is 0 Å². The molecule has 0 bridgehead atoms. The second-order valence-corrected chi connectivity index (χ2v) is 13.4. The Morgan fingerprint density at radius 2 is 1.81 bits per heavy atom. The van der Waals surface area contributed by atoms with Crippen LogP contribution in [0.15, 0.2) is 35.5 Å². The summed E-state index contributed by atoms with van der Waals surface area (Å²) in [6.07, 6.45) is 19.1. The maximum Gasteiger partial charge on any atom is 0.141 e. The molecule has 0 radical (unpaired) electrons. The fourth-order valence-corrected chi connectivity index (χ4v) is 8.09. The van der Waals surface area contributed by atoms with Crippen molar-refractivity contribution < 1.29 is 20.1 Å². The molecule has 4 heteroatoms. The Bertz CT molecular complexity index is 880. The molecule has 4 aliphatic rings. The van der Waals surface area contributed by atoms with Gasteiger partial charge in [-0.2, -0.15) is 0 Å². The Morgan fingerprint density at radius 1 is 1.11 bits per heavy atom. The molecule has 0 aromatic heterocycles. The molecule has 4 fully saturated rings. The van der Waals surface area contributed by atoms with Crippen LogP contribution in [0.25, 0.3) is 0 Å². The van der Waals surface area contributed by atoms with E-state index in [0.29, 0.717) is 37.5 Å². The molecule has 36 heavy (non-hydrogen) atoms. The molecule has 0 aromatic carbocycles. The SMILES string of the molecule is CCCCC(=O)C1([C@@H](O)/C=C/C(C)(C)[C@H]2CC[C@H]3/C(=C/C=C4C[C@@H](O)C[C@H](O)C4)CCC[C@]23C)CC1. The molecule has 3 N–H and O–H groups in total. The number of Topliss-reactive ketones (excluding diaryl/α,β-unsaturated/α-hetero) is 1. The number of hydrogen-bond donors (Lipinski definition) is 3. The van der Waals surface area contributed by atoms with Gasteiger partial charge in [-0.1, -0.05) is 69.6 Å². The zero-order chi connectivity index (χ0) is 26.1. The first-order valence-corrected chi connectivity index (χ1v) is 14.7. The van der Waals surface area contributed by atoms with Gasteiger partial charge in [0.05, 0.1) is 23.7 Å². The van der Waals surface area contributed by atoms with E-state index < -0.39 is 23.7 Å². The molecule has 4 saturated carbocycles. The van der Waals surface area contributed by atoms with Gasteiger partial charge >= 0.3 is 0 Å². The highest BCUT2D eigenvalue weighted by Crippen LogP contribution is 2.62. The first kappa shape index (κ1) is 27.8. The van der Waals surface area contributed by atoms with Gasteiger partial charge in [-0.15, -0.1) is 0 Å². The van der Waals surface area contributed by atoms with E-state index >= 15 is 0 Å². The van der Waals surface area contributed by atoms with Gasteiger partial charge in [0.15, 0.2) is 0 Å². The second-order valence-electron chi connectivity index (χ2n) is 13.4. The monoisotopic (exact) mass is 498 g/mol. The Balaban J connectivity index is 1.46. The smallest absolute Gasteiger partial charge is 0.141 e. The maximum absolute atomic E-state index is 12.8. The molecule has 6 atom stereocenters. The summed E-state index contributed by atoms with van der Waals surface area (Å²) in [6.45, 7) is 9.22. The summed E-state index contributed by atoms with van der Waals surface area (Å²) in [5.41, 5.74) is 2.35. The number of fused-ring (bicyclic) bond motifs is 1. The zero-order valence-corrected chi connectivity index (χ0v) is 23.1. The summed E-state index contributed by atoms with van der Waals surface area (Å²) in [7, 11) is 0. The molecular formula is C32H50O4. The van der Waals surface area contributed by atoms with E-state index in [9.17, 15) is 20.1 Å². The Hall–Kier alpha value is -1.23. The van der Waals surface area contributed by atoms with Crippen molar-refractivity contribution in [2.75, 3.05) is 0 Å². The minimum absolute atomic E-state index is 0.0501. The van der Waals surface area contributed by atoms with Gasteiger partial charge in [-0.05, 0) is 93.3 Å². The van der Waals surface area contributed by atoms with Gasteiger partial charge in [0, 0.05) is 6.42 Å². The number of ketones is 1. The van der Waals surface area contributed by atoms with Crippen molar-refractivity contribution >= 4 is 5.78 Å².